The second-order valence-corrected chi connectivity index (χ2v) is 7.41. The number of nitrogens with two attached hydrogens (primary N) is 1. The van der Waals surface area contributed by atoms with Crippen molar-refractivity contribution in [3.05, 3.63) is 45.4 Å². The number of hydrogen-bond donors (Lipinski definition) is 2. The Morgan fingerprint density at radius 3 is 2.92 bits per heavy atom. The van der Waals surface area contributed by atoms with Crippen molar-refractivity contribution < 1.29 is 9.53 Å². The number of benzene rings is 1. The number of ether oxygens (including phenoxy) is 1. The van der Waals surface area contributed by atoms with Gasteiger partial charge >= 0.3 is 0 Å². The number of rotatable bonds is 7. The minimum absolute atomic E-state index is 0.180. The smallest absolute Gasteiger partial charge is 0.245 e. The summed E-state index contributed by atoms with van der Waals surface area (Å²) in [4.78, 5) is 17.8. The average Bonchev–Trinajstić information content (AvgIpc) is 3.32. The van der Waals surface area contributed by atoms with E-state index < -0.39 is 6.04 Å². The van der Waals surface area contributed by atoms with Gasteiger partial charge in [-0.1, -0.05) is 29.8 Å². The van der Waals surface area contributed by atoms with Gasteiger partial charge in [0.2, 0.25) is 5.91 Å². The van der Waals surface area contributed by atoms with Crippen molar-refractivity contribution in [2.45, 2.75) is 31.2 Å². The highest BCUT2D eigenvalue weighted by molar-refractivity contribution is 7.15. The van der Waals surface area contributed by atoms with Gasteiger partial charge < -0.3 is 15.8 Å². The van der Waals surface area contributed by atoms with Crippen molar-refractivity contribution in [2.24, 2.45) is 5.73 Å². The highest BCUT2D eigenvalue weighted by Crippen LogP contribution is 2.44. The van der Waals surface area contributed by atoms with Gasteiger partial charge in [-0.15, -0.1) is 11.3 Å². The number of anilines is 1. The Kier molecular flexibility index (Phi) is 5.50. The molecule has 1 atom stereocenters. The zero-order valence-corrected chi connectivity index (χ0v) is 15.0. The SMILES string of the molecule is COCC(N)C(=O)Nc1nc(C2CC2)c(Cc2ccccc2Cl)s1. The van der Waals surface area contributed by atoms with Gasteiger partial charge in [0.25, 0.3) is 0 Å². The third-order valence-electron chi connectivity index (χ3n) is 3.91. The molecule has 5 nitrogen and oxygen atoms in total. The quantitative estimate of drug-likeness (QED) is 0.790. The van der Waals surface area contributed by atoms with Crippen LogP contribution >= 0.6 is 22.9 Å². The van der Waals surface area contributed by atoms with Crippen LogP contribution in [0.4, 0.5) is 5.13 Å². The predicted molar refractivity (Wildman–Crippen MR) is 96.8 cm³/mol. The summed E-state index contributed by atoms with van der Waals surface area (Å²) >= 11 is 7.77. The fourth-order valence-corrected chi connectivity index (χ4v) is 3.76. The number of carbonyl (C=O) groups excluding carboxylic acids is 1. The van der Waals surface area contributed by atoms with Gasteiger partial charge in [-0.3, -0.25) is 4.79 Å². The van der Waals surface area contributed by atoms with Crippen molar-refractivity contribution in [3.63, 3.8) is 0 Å². The molecule has 24 heavy (non-hydrogen) atoms. The lowest BCUT2D eigenvalue weighted by atomic mass is 10.1. The third kappa shape index (κ3) is 4.13. The molecule has 2 aromatic rings. The van der Waals surface area contributed by atoms with E-state index in [9.17, 15) is 4.79 Å². The molecule has 0 saturated heterocycles. The first kappa shape index (κ1) is 17.4. The molecule has 1 aliphatic rings. The van der Waals surface area contributed by atoms with Gasteiger partial charge in [-0.05, 0) is 24.5 Å². The molecule has 1 amide bonds. The number of nitrogens with one attached hydrogen (secondary N) is 1. The van der Waals surface area contributed by atoms with Gasteiger partial charge in [0.15, 0.2) is 5.13 Å². The Labute approximate surface area is 150 Å². The largest absolute Gasteiger partial charge is 0.383 e. The van der Waals surface area contributed by atoms with Crippen molar-refractivity contribution >= 4 is 34.0 Å². The molecule has 1 aromatic heterocycles. The van der Waals surface area contributed by atoms with E-state index in [1.54, 1.807) is 0 Å². The normalized spacial score (nSPS) is 15.3. The van der Waals surface area contributed by atoms with Gasteiger partial charge in [0, 0.05) is 29.3 Å². The van der Waals surface area contributed by atoms with E-state index in [4.69, 9.17) is 22.1 Å². The van der Waals surface area contributed by atoms with Crippen LogP contribution in [-0.4, -0.2) is 30.6 Å². The number of thiazole rings is 1. The molecule has 128 valence electrons. The summed E-state index contributed by atoms with van der Waals surface area (Å²) < 4.78 is 4.91. The minimum Gasteiger partial charge on any atom is -0.383 e. The number of methoxy groups -OCH3 is 1. The topological polar surface area (TPSA) is 77.2 Å². The van der Waals surface area contributed by atoms with Crippen LogP contribution in [0.1, 0.15) is 34.9 Å². The van der Waals surface area contributed by atoms with Gasteiger partial charge in [-0.25, -0.2) is 4.98 Å². The standard InChI is InChI=1S/C17H20ClN3O2S/c1-23-9-13(19)16(22)21-17-20-15(10-6-7-10)14(24-17)8-11-4-2-3-5-12(11)18/h2-5,10,13H,6-9,19H2,1H3,(H,20,21,22). The third-order valence-corrected chi connectivity index (χ3v) is 5.27. The zero-order valence-electron chi connectivity index (χ0n) is 13.4. The molecular weight excluding hydrogens is 346 g/mol. The van der Waals surface area contributed by atoms with E-state index in [1.165, 1.54) is 18.4 Å². The van der Waals surface area contributed by atoms with Crippen LogP contribution in [0.25, 0.3) is 0 Å². The first-order valence-corrected chi connectivity index (χ1v) is 9.06. The summed E-state index contributed by atoms with van der Waals surface area (Å²) in [6.45, 7) is 0.180. The number of hydrogen-bond acceptors (Lipinski definition) is 5. The molecule has 3 N–H and O–H groups in total. The van der Waals surface area contributed by atoms with Crippen LogP contribution in [0.3, 0.4) is 0 Å². The molecule has 0 radical (unpaired) electrons. The van der Waals surface area contributed by atoms with Gasteiger partial charge in [-0.2, -0.15) is 0 Å². The Hall–Kier alpha value is -1.47. The highest BCUT2D eigenvalue weighted by Gasteiger charge is 2.30. The first-order chi connectivity index (χ1) is 11.6. The summed E-state index contributed by atoms with van der Waals surface area (Å²) in [5, 5.41) is 4.14. The van der Waals surface area contributed by atoms with E-state index in [0.29, 0.717) is 11.0 Å². The van der Waals surface area contributed by atoms with E-state index in [1.807, 2.05) is 24.3 Å². The summed E-state index contributed by atoms with van der Waals surface area (Å²) in [5.41, 5.74) is 7.91. The monoisotopic (exact) mass is 365 g/mol. The van der Waals surface area contributed by atoms with Crippen molar-refractivity contribution in [2.75, 3.05) is 19.0 Å². The molecule has 0 spiro atoms. The second-order valence-electron chi connectivity index (χ2n) is 5.92. The maximum atomic E-state index is 12.1. The first-order valence-electron chi connectivity index (χ1n) is 7.87. The summed E-state index contributed by atoms with van der Waals surface area (Å²) in [7, 11) is 1.52. The lowest BCUT2D eigenvalue weighted by molar-refractivity contribution is -0.118. The maximum Gasteiger partial charge on any atom is 0.245 e. The Morgan fingerprint density at radius 2 is 2.25 bits per heavy atom. The van der Waals surface area contributed by atoms with Crippen LogP contribution in [0, 0.1) is 0 Å². The van der Waals surface area contributed by atoms with Crippen LogP contribution in [0.5, 0.6) is 0 Å². The molecule has 1 unspecified atom stereocenters. The summed E-state index contributed by atoms with van der Waals surface area (Å²) in [6, 6.07) is 7.11. The molecule has 7 heteroatoms. The Balaban J connectivity index is 1.78. The van der Waals surface area contributed by atoms with Crippen LogP contribution in [0.2, 0.25) is 5.02 Å². The summed E-state index contributed by atoms with van der Waals surface area (Å²) in [6.07, 6.45) is 3.02. The molecule has 1 heterocycles. The molecule has 0 aliphatic heterocycles. The molecule has 1 saturated carbocycles. The fraction of sp³-hybridized carbons (Fsp3) is 0.412. The molecule has 0 bridgehead atoms. The number of amides is 1. The van der Waals surface area contributed by atoms with Gasteiger partial charge in [0.1, 0.15) is 6.04 Å². The van der Waals surface area contributed by atoms with Crippen molar-refractivity contribution in [3.8, 4) is 0 Å². The number of nitrogens with zero attached hydrogens (tertiary/aromatic N) is 1. The second kappa shape index (κ2) is 7.61. The van der Waals surface area contributed by atoms with Crippen LogP contribution in [0.15, 0.2) is 24.3 Å². The molecular formula is C17H20ClN3O2S. The van der Waals surface area contributed by atoms with Crippen LogP contribution < -0.4 is 11.1 Å². The van der Waals surface area contributed by atoms with E-state index in [-0.39, 0.29) is 12.5 Å². The van der Waals surface area contributed by atoms with E-state index in [0.717, 1.165) is 40.4 Å². The molecule has 1 aromatic carbocycles. The lowest BCUT2D eigenvalue weighted by Crippen LogP contribution is -2.39. The van der Waals surface area contributed by atoms with Gasteiger partial charge in [0.05, 0.1) is 12.3 Å². The predicted octanol–water partition coefficient (Wildman–Crippen LogP) is 3.18. The average molecular weight is 366 g/mol. The number of carbonyl (C=O) groups is 1. The molecule has 1 fully saturated rings. The lowest BCUT2D eigenvalue weighted by Gasteiger charge is -2.08. The van der Waals surface area contributed by atoms with Crippen LogP contribution in [-0.2, 0) is 16.0 Å². The zero-order chi connectivity index (χ0) is 17.1. The highest BCUT2D eigenvalue weighted by atomic mass is 35.5. The molecule has 1 aliphatic carbocycles. The summed E-state index contributed by atoms with van der Waals surface area (Å²) in [5.74, 6) is 0.217. The number of aromatic nitrogens is 1. The Bertz CT molecular complexity index is 730. The van der Waals surface area contributed by atoms with Crippen molar-refractivity contribution in [1.29, 1.82) is 0 Å². The number of halogens is 1. The Morgan fingerprint density at radius 1 is 1.50 bits per heavy atom. The fourth-order valence-electron chi connectivity index (χ4n) is 2.49. The maximum absolute atomic E-state index is 12.1. The van der Waals surface area contributed by atoms with E-state index >= 15 is 0 Å². The minimum atomic E-state index is -0.699. The molecule has 3 rings (SSSR count). The van der Waals surface area contributed by atoms with E-state index in [2.05, 4.69) is 10.3 Å². The van der Waals surface area contributed by atoms with Crippen molar-refractivity contribution in [1.82, 2.24) is 4.98 Å².